The molecule has 0 heterocycles. The summed E-state index contributed by atoms with van der Waals surface area (Å²) >= 11 is 12.8. The summed E-state index contributed by atoms with van der Waals surface area (Å²) in [6, 6.07) is 11.3. The van der Waals surface area contributed by atoms with Gasteiger partial charge in [0.05, 0.1) is 10.8 Å². The van der Waals surface area contributed by atoms with E-state index in [4.69, 9.17) is 23.2 Å². The third kappa shape index (κ3) is 4.40. The molecule has 0 spiro atoms. The van der Waals surface area contributed by atoms with Crippen molar-refractivity contribution in [1.82, 2.24) is 0 Å². The highest BCUT2D eigenvalue weighted by Gasteiger charge is 2.06. The van der Waals surface area contributed by atoms with Crippen molar-refractivity contribution in [2.75, 3.05) is 11.1 Å². The third-order valence-electron chi connectivity index (χ3n) is 2.39. The van der Waals surface area contributed by atoms with Gasteiger partial charge in [-0.2, -0.15) is 0 Å². The van der Waals surface area contributed by atoms with Crippen molar-refractivity contribution in [3.8, 4) is 0 Å². The Kier molecular flexibility index (Phi) is 5.29. The first-order chi connectivity index (χ1) is 9.54. The van der Waals surface area contributed by atoms with Crippen molar-refractivity contribution < 1.29 is 9.18 Å². The van der Waals surface area contributed by atoms with Crippen LogP contribution >= 0.6 is 35.0 Å². The Hall–Kier alpha value is -1.23. The third-order valence-corrected chi connectivity index (χ3v) is 3.94. The van der Waals surface area contributed by atoms with Gasteiger partial charge < -0.3 is 5.32 Å². The largest absolute Gasteiger partial charge is 0.325 e. The number of halogens is 3. The molecular weight excluding hydrogens is 320 g/mol. The number of hydrogen-bond donors (Lipinski definition) is 1. The van der Waals surface area contributed by atoms with E-state index in [9.17, 15) is 9.18 Å². The van der Waals surface area contributed by atoms with Gasteiger partial charge in [-0.15, -0.1) is 11.8 Å². The number of anilines is 1. The van der Waals surface area contributed by atoms with Crippen molar-refractivity contribution in [3.63, 3.8) is 0 Å². The molecule has 2 nitrogen and oxygen atoms in total. The summed E-state index contributed by atoms with van der Waals surface area (Å²) in [5.41, 5.74) is 0.470. The zero-order chi connectivity index (χ0) is 14.5. The lowest BCUT2D eigenvalue weighted by Crippen LogP contribution is -2.13. The van der Waals surface area contributed by atoms with E-state index in [1.54, 1.807) is 12.1 Å². The normalized spacial score (nSPS) is 10.3. The topological polar surface area (TPSA) is 29.1 Å². The van der Waals surface area contributed by atoms with Crippen LogP contribution in [-0.4, -0.2) is 11.7 Å². The molecule has 0 saturated carbocycles. The molecule has 1 N–H and O–H groups in total. The monoisotopic (exact) mass is 329 g/mol. The summed E-state index contributed by atoms with van der Waals surface area (Å²) in [5.74, 6) is -0.454. The summed E-state index contributed by atoms with van der Waals surface area (Å²) in [6.45, 7) is 0. The number of hydrogen-bond acceptors (Lipinski definition) is 2. The van der Waals surface area contributed by atoms with E-state index in [2.05, 4.69) is 5.32 Å². The molecule has 2 rings (SSSR count). The van der Waals surface area contributed by atoms with Crippen molar-refractivity contribution in [1.29, 1.82) is 0 Å². The van der Waals surface area contributed by atoms with Gasteiger partial charge in [0, 0.05) is 15.6 Å². The van der Waals surface area contributed by atoms with Crippen molar-refractivity contribution in [3.05, 3.63) is 58.3 Å². The second-order valence-corrected chi connectivity index (χ2v) is 5.81. The molecule has 0 aliphatic carbocycles. The smallest absolute Gasteiger partial charge is 0.234 e. The number of amides is 1. The SMILES string of the molecule is O=C(CSc1ccc(Cl)cc1)Nc1ccc(F)c(Cl)c1. The van der Waals surface area contributed by atoms with Crippen molar-refractivity contribution >= 4 is 46.6 Å². The first kappa shape index (κ1) is 15.2. The Morgan fingerprint density at radius 2 is 1.85 bits per heavy atom. The van der Waals surface area contributed by atoms with Crippen LogP contribution in [-0.2, 0) is 4.79 Å². The fourth-order valence-electron chi connectivity index (χ4n) is 1.45. The maximum absolute atomic E-state index is 13.0. The average molecular weight is 330 g/mol. The summed E-state index contributed by atoms with van der Waals surface area (Å²) in [7, 11) is 0. The molecule has 20 heavy (non-hydrogen) atoms. The Balaban J connectivity index is 1.89. The number of benzene rings is 2. The Morgan fingerprint density at radius 1 is 1.15 bits per heavy atom. The lowest BCUT2D eigenvalue weighted by molar-refractivity contribution is -0.113. The van der Waals surface area contributed by atoms with Crippen LogP contribution in [0.3, 0.4) is 0 Å². The lowest BCUT2D eigenvalue weighted by Gasteiger charge is -2.06. The van der Waals surface area contributed by atoms with Crippen LogP contribution < -0.4 is 5.32 Å². The first-order valence-electron chi connectivity index (χ1n) is 5.68. The van der Waals surface area contributed by atoms with Crippen LogP contribution in [0.5, 0.6) is 0 Å². The van der Waals surface area contributed by atoms with Gasteiger partial charge in [-0.3, -0.25) is 4.79 Å². The number of thioether (sulfide) groups is 1. The van der Waals surface area contributed by atoms with E-state index < -0.39 is 5.82 Å². The minimum Gasteiger partial charge on any atom is -0.325 e. The van der Waals surface area contributed by atoms with E-state index >= 15 is 0 Å². The molecule has 0 radical (unpaired) electrons. The maximum Gasteiger partial charge on any atom is 0.234 e. The molecule has 0 aliphatic rings. The van der Waals surface area contributed by atoms with Gasteiger partial charge in [0.1, 0.15) is 5.82 Å². The molecule has 6 heteroatoms. The second-order valence-electron chi connectivity index (χ2n) is 3.92. The molecular formula is C14H10Cl2FNOS. The van der Waals surface area contributed by atoms with Crippen molar-refractivity contribution in [2.24, 2.45) is 0 Å². The van der Waals surface area contributed by atoms with Gasteiger partial charge in [0.2, 0.25) is 5.91 Å². The molecule has 0 bridgehead atoms. The molecule has 1 amide bonds. The molecule has 2 aromatic carbocycles. The number of carbonyl (C=O) groups excluding carboxylic acids is 1. The second kappa shape index (κ2) is 6.97. The number of carbonyl (C=O) groups is 1. The van der Waals surface area contributed by atoms with Crippen LogP contribution in [0.25, 0.3) is 0 Å². The number of rotatable bonds is 4. The van der Waals surface area contributed by atoms with Crippen LogP contribution in [0.1, 0.15) is 0 Å². The molecule has 104 valence electrons. The fourth-order valence-corrected chi connectivity index (χ4v) is 2.46. The fraction of sp³-hybridized carbons (Fsp3) is 0.0714. The minimum atomic E-state index is -0.514. The predicted molar refractivity (Wildman–Crippen MR) is 82.2 cm³/mol. The van der Waals surface area contributed by atoms with Gasteiger partial charge in [-0.1, -0.05) is 23.2 Å². The Bertz CT molecular complexity index is 619. The van der Waals surface area contributed by atoms with E-state index in [1.165, 1.54) is 30.0 Å². The molecule has 2 aromatic rings. The molecule has 0 saturated heterocycles. The minimum absolute atomic E-state index is 0.0202. The molecule has 0 unspecified atom stereocenters. The van der Waals surface area contributed by atoms with Crippen molar-refractivity contribution in [2.45, 2.75) is 4.90 Å². The highest BCUT2D eigenvalue weighted by Crippen LogP contribution is 2.22. The Labute approximate surface area is 130 Å². The quantitative estimate of drug-likeness (QED) is 0.811. The van der Waals surface area contributed by atoms with Gasteiger partial charge in [0.25, 0.3) is 0 Å². The van der Waals surface area contributed by atoms with Gasteiger partial charge in [-0.25, -0.2) is 4.39 Å². The zero-order valence-corrected chi connectivity index (χ0v) is 12.5. The number of nitrogens with one attached hydrogen (secondary N) is 1. The van der Waals surface area contributed by atoms with E-state index in [-0.39, 0.29) is 16.7 Å². The summed E-state index contributed by atoms with van der Waals surface area (Å²) < 4.78 is 13.0. The Morgan fingerprint density at radius 3 is 2.50 bits per heavy atom. The van der Waals surface area contributed by atoms with E-state index in [0.29, 0.717) is 10.7 Å². The van der Waals surface area contributed by atoms with E-state index in [0.717, 1.165) is 4.90 Å². The zero-order valence-electron chi connectivity index (χ0n) is 10.2. The van der Waals surface area contributed by atoms with E-state index in [1.807, 2.05) is 12.1 Å². The molecule has 0 aromatic heterocycles. The highest BCUT2D eigenvalue weighted by molar-refractivity contribution is 8.00. The molecule has 0 fully saturated rings. The van der Waals surface area contributed by atoms with Crippen LogP contribution in [0.4, 0.5) is 10.1 Å². The van der Waals surface area contributed by atoms with Gasteiger partial charge in [-0.05, 0) is 42.5 Å². The summed E-state index contributed by atoms with van der Waals surface area (Å²) in [5, 5.41) is 3.29. The average Bonchev–Trinajstić information content (AvgIpc) is 2.42. The van der Waals surface area contributed by atoms with Crippen LogP contribution in [0.15, 0.2) is 47.4 Å². The molecule has 0 atom stereocenters. The van der Waals surface area contributed by atoms with Crippen LogP contribution in [0, 0.1) is 5.82 Å². The maximum atomic E-state index is 13.0. The summed E-state index contributed by atoms with van der Waals surface area (Å²) in [4.78, 5) is 12.7. The van der Waals surface area contributed by atoms with Crippen LogP contribution in [0.2, 0.25) is 10.0 Å². The van der Waals surface area contributed by atoms with Gasteiger partial charge in [0.15, 0.2) is 0 Å². The van der Waals surface area contributed by atoms with Gasteiger partial charge >= 0.3 is 0 Å². The molecule has 0 aliphatic heterocycles. The first-order valence-corrected chi connectivity index (χ1v) is 7.42. The predicted octanol–water partition coefficient (Wildman–Crippen LogP) is 4.86. The highest BCUT2D eigenvalue weighted by atomic mass is 35.5. The lowest BCUT2D eigenvalue weighted by atomic mass is 10.3. The standard InChI is InChI=1S/C14H10Cl2FNOS/c15-9-1-4-11(5-2-9)20-8-14(19)18-10-3-6-13(17)12(16)7-10/h1-7H,8H2,(H,18,19). The summed E-state index contributed by atoms with van der Waals surface area (Å²) in [6.07, 6.45) is 0.